The summed E-state index contributed by atoms with van der Waals surface area (Å²) in [5.74, 6) is 0. The number of hydrogen-bond acceptors (Lipinski definition) is 5. The van der Waals surface area contributed by atoms with Crippen LogP contribution in [0.25, 0.3) is 0 Å². The predicted molar refractivity (Wildman–Crippen MR) is 127 cm³/mol. The number of nitrogens with zero attached hydrogens (tertiary/aromatic N) is 2. The van der Waals surface area contributed by atoms with E-state index in [0.29, 0.717) is 19.8 Å². The van der Waals surface area contributed by atoms with E-state index in [1.165, 1.54) is 5.19 Å². The lowest BCUT2D eigenvalue weighted by Crippen LogP contribution is -2.72. The summed E-state index contributed by atoms with van der Waals surface area (Å²) in [5.41, 5.74) is 4.58. The van der Waals surface area contributed by atoms with Crippen molar-refractivity contribution in [3.8, 4) is 0 Å². The zero-order valence-corrected chi connectivity index (χ0v) is 21.6. The molecule has 166 valence electrons. The second-order valence-electron chi connectivity index (χ2n) is 6.67. The lowest BCUT2D eigenvalue weighted by atomic mass is 10.4. The van der Waals surface area contributed by atoms with Crippen molar-refractivity contribution >= 4 is 22.4 Å². The van der Waals surface area contributed by atoms with Crippen molar-refractivity contribution in [2.75, 3.05) is 46.0 Å². The van der Waals surface area contributed by atoms with Crippen LogP contribution in [0, 0.1) is 0 Å². The first kappa shape index (κ1) is 26.2. The third-order valence-corrected chi connectivity index (χ3v) is 13.2. The van der Waals surface area contributed by atoms with E-state index in [9.17, 15) is 0 Å². The maximum Gasteiger partial charge on any atom is 0.528 e. The lowest BCUT2D eigenvalue weighted by Gasteiger charge is -2.46. The summed E-state index contributed by atoms with van der Waals surface area (Å²) in [5, 5.41) is 1.39. The lowest BCUT2D eigenvalue weighted by molar-refractivity contribution is 0.0842. The average molecular weight is 439 g/mol. The fourth-order valence-electron chi connectivity index (χ4n) is 4.06. The van der Waals surface area contributed by atoms with Gasteiger partial charge in [-0.1, -0.05) is 63.7 Å². The molecule has 0 aliphatic carbocycles. The Balaban J connectivity index is 3.69. The first-order valence-electron chi connectivity index (χ1n) is 11.2. The first-order valence-corrected chi connectivity index (χ1v) is 15.0. The van der Waals surface area contributed by atoms with Gasteiger partial charge >= 0.3 is 8.80 Å². The topological polar surface area (TPSA) is 34.2 Å². The highest BCUT2D eigenvalue weighted by Gasteiger charge is 2.46. The van der Waals surface area contributed by atoms with Crippen molar-refractivity contribution in [2.24, 2.45) is 0 Å². The Morgan fingerprint density at radius 3 is 1.41 bits per heavy atom. The normalized spacial score (nSPS) is 13.1. The molecule has 0 unspecified atom stereocenters. The Kier molecular flexibility index (Phi) is 12.2. The number of rotatable bonds is 15. The molecule has 1 aromatic carbocycles. The van der Waals surface area contributed by atoms with E-state index in [2.05, 4.69) is 78.6 Å². The van der Waals surface area contributed by atoms with Crippen LogP contribution < -0.4 is 5.19 Å². The molecule has 0 amide bonds. The molecule has 0 aliphatic heterocycles. The van der Waals surface area contributed by atoms with E-state index in [4.69, 9.17) is 13.3 Å². The zero-order valence-electron chi connectivity index (χ0n) is 19.6. The minimum absolute atomic E-state index is 0.576. The zero-order chi connectivity index (χ0) is 21.8. The molecule has 0 saturated carbocycles. The minimum atomic E-state index is -2.88. The predicted octanol–water partition coefficient (Wildman–Crippen LogP) is 3.70. The van der Waals surface area contributed by atoms with E-state index in [1.54, 1.807) is 0 Å². The van der Waals surface area contributed by atoms with Gasteiger partial charge in [-0.05, 0) is 57.8 Å². The summed E-state index contributed by atoms with van der Waals surface area (Å²) in [7, 11) is -5.23. The molecule has 1 aromatic rings. The molecule has 0 fully saturated rings. The Morgan fingerprint density at radius 2 is 1.07 bits per heavy atom. The fraction of sp³-hybridized carbons (Fsp3) is 0.636. The molecule has 0 saturated heterocycles. The van der Waals surface area contributed by atoms with Crippen molar-refractivity contribution in [1.29, 1.82) is 0 Å². The molecule has 0 aliphatic rings. The van der Waals surface area contributed by atoms with Crippen LogP contribution in [-0.2, 0) is 13.3 Å². The summed E-state index contributed by atoms with van der Waals surface area (Å²) >= 11 is 0. The van der Waals surface area contributed by atoms with E-state index >= 15 is 0 Å². The van der Waals surface area contributed by atoms with Crippen molar-refractivity contribution in [3.63, 3.8) is 0 Å². The fourth-order valence-corrected chi connectivity index (χ4v) is 11.9. The molecule has 0 heterocycles. The van der Waals surface area contributed by atoms with Crippen LogP contribution in [0.3, 0.4) is 0 Å². The highest BCUT2D eigenvalue weighted by atomic mass is 28.4. The molecule has 29 heavy (non-hydrogen) atoms. The summed E-state index contributed by atoms with van der Waals surface area (Å²) in [6.07, 6.45) is 0. The van der Waals surface area contributed by atoms with Gasteiger partial charge in [0, 0.05) is 19.8 Å². The summed E-state index contributed by atoms with van der Waals surface area (Å²) in [4.78, 5) is 0. The highest BCUT2D eigenvalue weighted by Crippen LogP contribution is 2.21. The quantitative estimate of drug-likeness (QED) is 0.390. The van der Waals surface area contributed by atoms with Gasteiger partial charge < -0.3 is 22.4 Å². The molecule has 0 radical (unpaired) electrons. The van der Waals surface area contributed by atoms with Crippen LogP contribution in [-0.4, -0.2) is 72.3 Å². The standard InChI is InChI=1S/C22H42N2O3Si2/c1-8-23(9-2)28(24(10-3)11-4,22-18-16-15-17-19-22)20-21-29(25-12-5,26-13-6)27-14-7/h15-21H,8-14H2,1-7H3. The van der Waals surface area contributed by atoms with Crippen LogP contribution in [0.15, 0.2) is 41.7 Å². The summed E-state index contributed by atoms with van der Waals surface area (Å²) in [6.45, 7) is 20.7. The maximum absolute atomic E-state index is 6.13. The SMILES string of the molecule is CCO[Si](C=C[Si](c1ccccc1)(N(CC)CC)N(CC)CC)(OCC)OCC. The van der Waals surface area contributed by atoms with Crippen molar-refractivity contribution in [1.82, 2.24) is 9.13 Å². The van der Waals surface area contributed by atoms with E-state index in [-0.39, 0.29) is 0 Å². The van der Waals surface area contributed by atoms with Gasteiger partial charge in [0.1, 0.15) is 0 Å². The van der Waals surface area contributed by atoms with E-state index < -0.39 is 17.2 Å². The van der Waals surface area contributed by atoms with Gasteiger partial charge in [0.25, 0.3) is 8.40 Å². The van der Waals surface area contributed by atoms with E-state index in [1.807, 2.05) is 20.8 Å². The van der Waals surface area contributed by atoms with Crippen LogP contribution in [0.5, 0.6) is 0 Å². The third-order valence-electron chi connectivity index (χ3n) is 5.25. The Hall–Kier alpha value is -0.806. The van der Waals surface area contributed by atoms with Crippen molar-refractivity contribution in [3.05, 3.63) is 41.7 Å². The van der Waals surface area contributed by atoms with Gasteiger partial charge in [-0.15, -0.1) is 0 Å². The van der Waals surface area contributed by atoms with Gasteiger partial charge in [-0.3, -0.25) is 0 Å². The highest BCUT2D eigenvalue weighted by molar-refractivity contribution is 6.92. The molecule has 7 heteroatoms. The maximum atomic E-state index is 6.13. The van der Waals surface area contributed by atoms with Gasteiger partial charge in [0.05, 0.1) is 0 Å². The smallest absolute Gasteiger partial charge is 0.371 e. The van der Waals surface area contributed by atoms with Gasteiger partial charge in [-0.25, -0.2) is 0 Å². The van der Waals surface area contributed by atoms with Crippen LogP contribution in [0.2, 0.25) is 0 Å². The molecular weight excluding hydrogens is 396 g/mol. The monoisotopic (exact) mass is 438 g/mol. The van der Waals surface area contributed by atoms with Gasteiger partial charge in [0.15, 0.2) is 0 Å². The number of benzene rings is 1. The van der Waals surface area contributed by atoms with Crippen LogP contribution in [0.4, 0.5) is 0 Å². The average Bonchev–Trinajstić information content (AvgIpc) is 2.74. The van der Waals surface area contributed by atoms with Crippen LogP contribution in [0.1, 0.15) is 48.5 Å². The molecule has 0 spiro atoms. The van der Waals surface area contributed by atoms with Crippen LogP contribution >= 0.6 is 0 Å². The Morgan fingerprint density at radius 1 is 0.655 bits per heavy atom. The minimum Gasteiger partial charge on any atom is -0.371 e. The Bertz CT molecular complexity index is 550. The van der Waals surface area contributed by atoms with E-state index in [0.717, 1.165) is 26.2 Å². The first-order chi connectivity index (χ1) is 14.0. The van der Waals surface area contributed by atoms with Crippen molar-refractivity contribution in [2.45, 2.75) is 48.5 Å². The molecule has 0 bridgehead atoms. The second-order valence-corrected chi connectivity index (χ2v) is 12.7. The molecule has 5 nitrogen and oxygen atoms in total. The second kappa shape index (κ2) is 13.5. The van der Waals surface area contributed by atoms with Crippen molar-refractivity contribution < 1.29 is 13.3 Å². The molecule has 0 atom stereocenters. The molecule has 0 N–H and O–H groups in total. The third kappa shape index (κ3) is 6.34. The van der Waals surface area contributed by atoms with Gasteiger partial charge in [-0.2, -0.15) is 0 Å². The molecular formula is C22H42N2O3Si2. The summed E-state index contributed by atoms with van der Waals surface area (Å²) in [6, 6.07) is 10.9. The summed E-state index contributed by atoms with van der Waals surface area (Å²) < 4.78 is 23.7. The Labute approximate surface area is 181 Å². The largest absolute Gasteiger partial charge is 0.528 e. The molecule has 1 rings (SSSR count). The molecule has 0 aromatic heterocycles. The number of hydrogen-bond donors (Lipinski definition) is 0. The van der Waals surface area contributed by atoms with Gasteiger partial charge in [0.2, 0.25) is 0 Å².